The third-order valence-corrected chi connectivity index (χ3v) is 3.96. The van der Waals surface area contributed by atoms with Gasteiger partial charge in [-0.05, 0) is 55.7 Å². The number of carbonyl (C=O) groups is 2. The summed E-state index contributed by atoms with van der Waals surface area (Å²) >= 11 is 5.31. The van der Waals surface area contributed by atoms with Crippen molar-refractivity contribution in [2.75, 3.05) is 4.90 Å². The summed E-state index contributed by atoms with van der Waals surface area (Å²) in [5.74, 6) is -0.129. The van der Waals surface area contributed by atoms with Crippen LogP contribution < -0.4 is 4.90 Å². The number of nitrogens with zero attached hydrogens (tertiary/aromatic N) is 2. The average Bonchev–Trinajstić information content (AvgIpc) is 2.80. The van der Waals surface area contributed by atoms with Crippen molar-refractivity contribution in [3.05, 3.63) is 29.3 Å². The summed E-state index contributed by atoms with van der Waals surface area (Å²) in [6, 6.07) is 5.49. The molecule has 0 aromatic heterocycles. The van der Waals surface area contributed by atoms with Gasteiger partial charge in [0.25, 0.3) is 5.91 Å². The van der Waals surface area contributed by atoms with Crippen molar-refractivity contribution < 1.29 is 9.59 Å². The lowest BCUT2D eigenvalue weighted by atomic mass is 10.1. The van der Waals surface area contributed by atoms with E-state index in [2.05, 4.69) is 0 Å². The Morgan fingerprint density at radius 3 is 2.37 bits per heavy atom. The lowest BCUT2D eigenvalue weighted by Crippen LogP contribution is -2.35. The number of hydrogen-bond acceptors (Lipinski definition) is 3. The number of fused-ring (bicyclic) bond motifs is 1. The van der Waals surface area contributed by atoms with Crippen LogP contribution >= 0.6 is 12.2 Å². The van der Waals surface area contributed by atoms with Crippen molar-refractivity contribution in [3.8, 4) is 0 Å². The molecule has 19 heavy (non-hydrogen) atoms. The molecule has 5 heteroatoms. The Hall–Kier alpha value is -1.75. The van der Waals surface area contributed by atoms with Crippen molar-refractivity contribution in [1.82, 2.24) is 4.90 Å². The van der Waals surface area contributed by atoms with Gasteiger partial charge in [-0.25, -0.2) is 0 Å². The van der Waals surface area contributed by atoms with E-state index in [9.17, 15) is 9.59 Å². The van der Waals surface area contributed by atoms with Crippen molar-refractivity contribution in [2.45, 2.75) is 32.7 Å². The minimum Gasteiger partial charge on any atom is -0.276 e. The van der Waals surface area contributed by atoms with E-state index in [4.69, 9.17) is 12.2 Å². The van der Waals surface area contributed by atoms with Crippen LogP contribution in [0.2, 0.25) is 0 Å². The predicted octanol–water partition coefficient (Wildman–Crippen LogP) is 1.93. The fraction of sp³-hybridized carbons (Fsp3) is 0.357. The van der Waals surface area contributed by atoms with Crippen LogP contribution in [-0.2, 0) is 9.59 Å². The minimum absolute atomic E-state index is 0.0461. The van der Waals surface area contributed by atoms with Crippen LogP contribution in [0.1, 0.15) is 24.0 Å². The van der Waals surface area contributed by atoms with Gasteiger partial charge in [0.05, 0.1) is 5.69 Å². The van der Waals surface area contributed by atoms with Crippen LogP contribution in [0.3, 0.4) is 0 Å². The van der Waals surface area contributed by atoms with Crippen LogP contribution in [0, 0.1) is 13.8 Å². The second-order valence-electron chi connectivity index (χ2n) is 5.12. The van der Waals surface area contributed by atoms with E-state index < -0.39 is 0 Å². The molecule has 98 valence electrons. The summed E-state index contributed by atoms with van der Waals surface area (Å²) in [5, 5.41) is 0.322. The summed E-state index contributed by atoms with van der Waals surface area (Å²) in [6.07, 6.45) is 0.982. The highest BCUT2D eigenvalue weighted by Gasteiger charge is 2.49. The van der Waals surface area contributed by atoms with Gasteiger partial charge in [-0.2, -0.15) is 0 Å². The zero-order chi connectivity index (χ0) is 13.7. The Balaban J connectivity index is 2.04. The molecule has 1 aromatic rings. The molecular weight excluding hydrogens is 260 g/mol. The highest BCUT2D eigenvalue weighted by atomic mass is 32.1. The van der Waals surface area contributed by atoms with Crippen molar-refractivity contribution in [3.63, 3.8) is 0 Å². The number of amides is 2. The van der Waals surface area contributed by atoms with Crippen LogP contribution in [0.15, 0.2) is 18.2 Å². The zero-order valence-electron chi connectivity index (χ0n) is 10.8. The van der Waals surface area contributed by atoms with Crippen LogP contribution in [0.4, 0.5) is 5.69 Å². The molecule has 0 radical (unpaired) electrons. The van der Waals surface area contributed by atoms with Crippen LogP contribution in [0.5, 0.6) is 0 Å². The van der Waals surface area contributed by atoms with Crippen molar-refractivity contribution in [2.24, 2.45) is 0 Å². The first-order chi connectivity index (χ1) is 8.99. The third kappa shape index (κ3) is 1.76. The molecule has 0 N–H and O–H groups in total. The lowest BCUT2D eigenvalue weighted by Gasteiger charge is -2.18. The molecule has 1 aromatic carbocycles. The van der Waals surface area contributed by atoms with Gasteiger partial charge in [-0.3, -0.25) is 19.4 Å². The monoisotopic (exact) mass is 274 g/mol. The number of thiocarbonyl (C=S) groups is 1. The molecule has 2 heterocycles. The zero-order valence-corrected chi connectivity index (χ0v) is 11.7. The van der Waals surface area contributed by atoms with E-state index >= 15 is 0 Å². The molecule has 1 atom stereocenters. The average molecular weight is 274 g/mol. The largest absolute Gasteiger partial charge is 0.276 e. The Bertz CT molecular complexity index is 591. The van der Waals surface area contributed by atoms with Gasteiger partial charge in [0.15, 0.2) is 5.11 Å². The third-order valence-electron chi connectivity index (χ3n) is 3.58. The van der Waals surface area contributed by atoms with E-state index in [-0.39, 0.29) is 17.9 Å². The first-order valence-electron chi connectivity index (χ1n) is 6.27. The highest BCUT2D eigenvalue weighted by Crippen LogP contribution is 2.33. The summed E-state index contributed by atoms with van der Waals surface area (Å²) in [5.41, 5.74) is 2.91. The van der Waals surface area contributed by atoms with Gasteiger partial charge >= 0.3 is 0 Å². The fourth-order valence-corrected chi connectivity index (χ4v) is 3.25. The molecule has 2 amide bonds. The molecule has 3 rings (SSSR count). The number of benzene rings is 1. The summed E-state index contributed by atoms with van der Waals surface area (Å²) in [4.78, 5) is 27.2. The van der Waals surface area contributed by atoms with E-state index in [1.54, 1.807) is 0 Å². The summed E-state index contributed by atoms with van der Waals surface area (Å²) in [6.45, 7) is 3.96. The maximum Gasteiger partial charge on any atom is 0.256 e. The van der Waals surface area contributed by atoms with Crippen LogP contribution in [0.25, 0.3) is 0 Å². The number of rotatable bonds is 1. The molecule has 2 aliphatic rings. The molecule has 0 saturated carbocycles. The Kier molecular flexibility index (Phi) is 2.67. The summed E-state index contributed by atoms with van der Waals surface area (Å²) < 4.78 is 0. The van der Waals surface area contributed by atoms with Gasteiger partial charge in [-0.15, -0.1) is 0 Å². The summed E-state index contributed by atoms with van der Waals surface area (Å²) in [7, 11) is 0. The quantitative estimate of drug-likeness (QED) is 0.735. The number of hydrogen-bond donors (Lipinski definition) is 0. The number of anilines is 1. The lowest BCUT2D eigenvalue weighted by molar-refractivity contribution is -0.127. The van der Waals surface area contributed by atoms with E-state index in [1.807, 2.05) is 32.0 Å². The van der Waals surface area contributed by atoms with Crippen molar-refractivity contribution >= 4 is 34.8 Å². The molecule has 2 saturated heterocycles. The van der Waals surface area contributed by atoms with Gasteiger partial charge in [0, 0.05) is 6.42 Å². The number of aryl methyl sites for hydroxylation is 2. The normalized spacial score (nSPS) is 22.4. The molecule has 0 bridgehead atoms. The van der Waals surface area contributed by atoms with Crippen LogP contribution in [-0.4, -0.2) is 27.9 Å². The maximum atomic E-state index is 12.4. The second kappa shape index (κ2) is 4.13. The van der Waals surface area contributed by atoms with E-state index in [0.29, 0.717) is 18.0 Å². The molecule has 0 spiro atoms. The first kappa shape index (κ1) is 12.3. The topological polar surface area (TPSA) is 40.6 Å². The van der Waals surface area contributed by atoms with Gasteiger partial charge < -0.3 is 0 Å². The fourth-order valence-electron chi connectivity index (χ4n) is 2.83. The van der Waals surface area contributed by atoms with Gasteiger partial charge in [0.1, 0.15) is 6.04 Å². The van der Waals surface area contributed by atoms with Crippen molar-refractivity contribution in [1.29, 1.82) is 0 Å². The molecule has 0 unspecified atom stereocenters. The van der Waals surface area contributed by atoms with E-state index in [0.717, 1.165) is 16.8 Å². The Morgan fingerprint density at radius 1 is 1.16 bits per heavy atom. The molecule has 0 aliphatic carbocycles. The standard InChI is InChI=1S/C14H14N2O2S/c1-8-5-9(2)7-10(6-8)15-13(18)11-3-4-12(17)16(11)14(15)19/h5-7,11H,3-4H2,1-2H3/t11-/m1/s1. The van der Waals surface area contributed by atoms with Gasteiger partial charge in [0.2, 0.25) is 5.91 Å². The Morgan fingerprint density at radius 2 is 1.79 bits per heavy atom. The smallest absolute Gasteiger partial charge is 0.256 e. The molecular formula is C14H14N2O2S. The second-order valence-corrected chi connectivity index (χ2v) is 5.49. The molecule has 2 fully saturated rings. The number of carbonyl (C=O) groups excluding carboxylic acids is 2. The SMILES string of the molecule is Cc1cc(C)cc(N2C(=O)[C@H]3CCC(=O)N3C2=S)c1. The van der Waals surface area contributed by atoms with Gasteiger partial charge in [-0.1, -0.05) is 6.07 Å². The Labute approximate surface area is 117 Å². The highest BCUT2D eigenvalue weighted by molar-refractivity contribution is 7.80. The minimum atomic E-state index is -0.388. The maximum absolute atomic E-state index is 12.4. The first-order valence-corrected chi connectivity index (χ1v) is 6.68. The van der Waals surface area contributed by atoms with E-state index in [1.165, 1.54) is 9.80 Å². The molecule has 2 aliphatic heterocycles. The molecule has 4 nitrogen and oxygen atoms in total. The predicted molar refractivity (Wildman–Crippen MR) is 75.9 cm³/mol.